The van der Waals surface area contributed by atoms with Crippen LogP contribution < -0.4 is 10.6 Å². The van der Waals surface area contributed by atoms with Crippen LogP contribution in [0.15, 0.2) is 66.7 Å². The van der Waals surface area contributed by atoms with Crippen molar-refractivity contribution in [2.75, 3.05) is 30.4 Å². The van der Waals surface area contributed by atoms with E-state index in [9.17, 15) is 14.0 Å². The van der Waals surface area contributed by atoms with Crippen molar-refractivity contribution in [2.24, 2.45) is 0 Å². The van der Waals surface area contributed by atoms with Crippen LogP contribution in [0.3, 0.4) is 0 Å². The van der Waals surface area contributed by atoms with Crippen molar-refractivity contribution in [3.05, 3.63) is 78.1 Å². The highest BCUT2D eigenvalue weighted by atomic mass is 32.2. The van der Waals surface area contributed by atoms with E-state index in [1.165, 1.54) is 17.5 Å². The number of carbonyl (C=O) groups is 2. The van der Waals surface area contributed by atoms with Crippen LogP contribution in [0.1, 0.15) is 24.8 Å². The van der Waals surface area contributed by atoms with Crippen LogP contribution in [0, 0.1) is 5.82 Å². The molecule has 2 heterocycles. The van der Waals surface area contributed by atoms with Gasteiger partial charge in [-0.1, -0.05) is 42.5 Å². The number of anilines is 1. The van der Waals surface area contributed by atoms with Crippen LogP contribution >= 0.6 is 11.8 Å². The first kappa shape index (κ1) is 24.6. The first-order valence-corrected chi connectivity index (χ1v) is 13.7. The van der Waals surface area contributed by atoms with E-state index < -0.39 is 5.66 Å². The fourth-order valence-electron chi connectivity index (χ4n) is 5.31. The van der Waals surface area contributed by atoms with Gasteiger partial charge >= 0.3 is 6.03 Å². The predicted octanol–water partition coefficient (Wildman–Crippen LogP) is 5.06. The molecule has 0 aliphatic carbocycles. The third kappa shape index (κ3) is 5.06. The van der Waals surface area contributed by atoms with E-state index >= 15 is 0 Å². The van der Waals surface area contributed by atoms with Crippen LogP contribution in [-0.4, -0.2) is 58.5 Å². The summed E-state index contributed by atoms with van der Waals surface area (Å²) in [4.78, 5) is 30.2. The van der Waals surface area contributed by atoms with E-state index in [0.29, 0.717) is 38.2 Å². The second-order valence-electron chi connectivity index (χ2n) is 9.54. The Kier molecular flexibility index (Phi) is 7.16. The summed E-state index contributed by atoms with van der Waals surface area (Å²) in [7, 11) is 0. The van der Waals surface area contributed by atoms with Crippen LogP contribution in [0.2, 0.25) is 0 Å². The Balaban J connectivity index is 1.32. The molecule has 188 valence electrons. The fourth-order valence-corrected chi connectivity index (χ4v) is 5.78. The van der Waals surface area contributed by atoms with Gasteiger partial charge in [-0.15, -0.1) is 0 Å². The Morgan fingerprint density at radius 1 is 1.08 bits per heavy atom. The monoisotopic (exact) mass is 506 g/mol. The van der Waals surface area contributed by atoms with Gasteiger partial charge in [-0.3, -0.25) is 10.1 Å². The standard InChI is InChI=1S/C28H31FN4O2S/c1-36-16-11-25-26(34)33(19-20-9-10-21-5-2-3-6-22(21)17-20)28(31-25)12-14-32(15-13-28)27(35)30-24-8-4-7-23(29)18-24/h2-10,17-18,25,31H,11-16,19H2,1H3,(H,30,35). The molecular weight excluding hydrogens is 475 g/mol. The first-order chi connectivity index (χ1) is 17.5. The first-order valence-electron chi connectivity index (χ1n) is 12.3. The summed E-state index contributed by atoms with van der Waals surface area (Å²) in [6.07, 6.45) is 4.11. The van der Waals surface area contributed by atoms with E-state index in [4.69, 9.17) is 0 Å². The number of hydrogen-bond donors (Lipinski definition) is 2. The number of thioether (sulfide) groups is 1. The topological polar surface area (TPSA) is 64.7 Å². The molecule has 3 aromatic rings. The Bertz CT molecular complexity index is 1260. The number of rotatable bonds is 6. The summed E-state index contributed by atoms with van der Waals surface area (Å²) in [5.74, 6) is 0.653. The van der Waals surface area contributed by atoms with Crippen LogP contribution in [0.5, 0.6) is 0 Å². The third-order valence-corrected chi connectivity index (χ3v) is 7.89. The molecule has 2 N–H and O–H groups in total. The number of halogens is 1. The summed E-state index contributed by atoms with van der Waals surface area (Å²) < 4.78 is 13.5. The number of amides is 3. The molecule has 2 saturated heterocycles. The largest absolute Gasteiger partial charge is 0.324 e. The lowest BCUT2D eigenvalue weighted by atomic mass is 9.95. The van der Waals surface area contributed by atoms with Gasteiger partial charge in [-0.25, -0.2) is 9.18 Å². The number of fused-ring (bicyclic) bond motifs is 1. The third-order valence-electron chi connectivity index (χ3n) is 7.24. The summed E-state index contributed by atoms with van der Waals surface area (Å²) in [6, 6.07) is 20.0. The molecule has 6 nitrogen and oxygen atoms in total. The molecule has 0 aromatic heterocycles. The minimum atomic E-state index is -0.485. The van der Waals surface area contributed by atoms with Crippen molar-refractivity contribution in [1.29, 1.82) is 0 Å². The molecular formula is C28H31FN4O2S. The van der Waals surface area contributed by atoms with Gasteiger partial charge in [0.05, 0.1) is 11.7 Å². The average molecular weight is 507 g/mol. The quantitative estimate of drug-likeness (QED) is 0.491. The number of nitrogens with one attached hydrogen (secondary N) is 2. The Morgan fingerprint density at radius 2 is 1.86 bits per heavy atom. The maximum Gasteiger partial charge on any atom is 0.321 e. The lowest BCUT2D eigenvalue weighted by Crippen LogP contribution is -2.59. The number of benzene rings is 3. The molecule has 36 heavy (non-hydrogen) atoms. The number of carbonyl (C=O) groups excluding carboxylic acids is 2. The van der Waals surface area contributed by atoms with Gasteiger partial charge in [-0.05, 0) is 59.0 Å². The summed E-state index contributed by atoms with van der Waals surface area (Å²) in [5.41, 5.74) is 1.05. The van der Waals surface area contributed by atoms with E-state index in [1.807, 2.05) is 17.0 Å². The van der Waals surface area contributed by atoms with Crippen molar-refractivity contribution in [3.63, 3.8) is 0 Å². The Labute approximate surface area is 215 Å². The van der Waals surface area contributed by atoms with E-state index in [-0.39, 0.29) is 23.8 Å². The highest BCUT2D eigenvalue weighted by Crippen LogP contribution is 2.35. The molecule has 3 aromatic carbocycles. The molecule has 1 spiro atoms. The van der Waals surface area contributed by atoms with E-state index in [2.05, 4.69) is 47.2 Å². The molecule has 0 saturated carbocycles. The van der Waals surface area contributed by atoms with Gasteiger partial charge in [0.15, 0.2) is 0 Å². The normalized spacial score (nSPS) is 19.3. The molecule has 2 fully saturated rings. The molecule has 1 atom stereocenters. The van der Waals surface area contributed by atoms with Gasteiger partial charge in [0.1, 0.15) is 5.82 Å². The van der Waals surface area contributed by atoms with Crippen molar-refractivity contribution in [3.8, 4) is 0 Å². The number of hydrogen-bond acceptors (Lipinski definition) is 4. The van der Waals surface area contributed by atoms with Crippen molar-refractivity contribution in [1.82, 2.24) is 15.1 Å². The van der Waals surface area contributed by atoms with E-state index in [0.717, 1.165) is 23.1 Å². The number of piperidine rings is 1. The minimum absolute atomic E-state index is 0.134. The molecule has 0 bridgehead atoms. The lowest BCUT2D eigenvalue weighted by molar-refractivity contribution is -0.134. The SMILES string of the molecule is CSCCC1NC2(CCN(C(=O)Nc3cccc(F)c3)CC2)N(Cc2ccc3ccccc3c2)C1=O. The average Bonchev–Trinajstić information content (AvgIpc) is 3.13. The van der Waals surface area contributed by atoms with Crippen molar-refractivity contribution >= 4 is 40.2 Å². The summed E-state index contributed by atoms with van der Waals surface area (Å²) >= 11 is 1.74. The van der Waals surface area contributed by atoms with Gasteiger partial charge in [0.2, 0.25) is 5.91 Å². The second-order valence-corrected chi connectivity index (χ2v) is 10.5. The summed E-state index contributed by atoms with van der Waals surface area (Å²) in [5, 5.41) is 8.80. The zero-order valence-electron chi connectivity index (χ0n) is 20.4. The number of nitrogens with zero attached hydrogens (tertiary/aromatic N) is 2. The molecule has 3 amide bonds. The highest BCUT2D eigenvalue weighted by molar-refractivity contribution is 7.98. The zero-order valence-corrected chi connectivity index (χ0v) is 21.2. The lowest BCUT2D eigenvalue weighted by Gasteiger charge is -2.44. The zero-order chi connectivity index (χ0) is 25.1. The van der Waals surface area contributed by atoms with Crippen molar-refractivity contribution < 1.29 is 14.0 Å². The van der Waals surface area contributed by atoms with Crippen molar-refractivity contribution in [2.45, 2.75) is 37.5 Å². The molecule has 8 heteroatoms. The summed E-state index contributed by atoms with van der Waals surface area (Å²) in [6.45, 7) is 1.54. The second kappa shape index (κ2) is 10.5. The fraction of sp³-hybridized carbons (Fsp3) is 0.357. The Morgan fingerprint density at radius 3 is 2.61 bits per heavy atom. The molecule has 1 unspecified atom stereocenters. The smallest absolute Gasteiger partial charge is 0.321 e. The van der Waals surface area contributed by atoms with Crippen LogP contribution in [-0.2, 0) is 11.3 Å². The highest BCUT2D eigenvalue weighted by Gasteiger charge is 2.51. The minimum Gasteiger partial charge on any atom is -0.324 e. The Hall–Kier alpha value is -3.10. The molecule has 2 aliphatic rings. The van der Waals surface area contributed by atoms with Crippen LogP contribution in [0.25, 0.3) is 10.8 Å². The number of urea groups is 1. The van der Waals surface area contributed by atoms with Gasteiger partial charge in [0.25, 0.3) is 0 Å². The van der Waals surface area contributed by atoms with Gasteiger partial charge in [0, 0.05) is 38.2 Å². The molecule has 2 aliphatic heterocycles. The molecule has 5 rings (SSSR count). The predicted molar refractivity (Wildman–Crippen MR) is 143 cm³/mol. The maximum atomic E-state index is 13.6. The maximum absolute atomic E-state index is 13.6. The van der Waals surface area contributed by atoms with Gasteiger partial charge < -0.3 is 15.1 Å². The van der Waals surface area contributed by atoms with Gasteiger partial charge in [-0.2, -0.15) is 11.8 Å². The van der Waals surface area contributed by atoms with Crippen LogP contribution in [0.4, 0.5) is 14.9 Å². The van der Waals surface area contributed by atoms with E-state index in [1.54, 1.807) is 28.8 Å². The molecule has 0 radical (unpaired) electrons. The number of likely N-dealkylation sites (tertiary alicyclic amines) is 1.